The molecule has 0 aliphatic heterocycles. The van der Waals surface area contributed by atoms with Crippen molar-refractivity contribution in [3.63, 3.8) is 0 Å². The Morgan fingerprint density at radius 1 is 0.737 bits per heavy atom. The topological polar surface area (TPSA) is 12.0 Å². The highest BCUT2D eigenvalue weighted by Gasteiger charge is 2.47. The molecule has 110 valence electrons. The van der Waals surface area contributed by atoms with Crippen LogP contribution in [-0.4, -0.2) is 12.6 Å². The molecular weight excluding hydrogens is 230 g/mol. The molecule has 0 aromatic rings. The van der Waals surface area contributed by atoms with Crippen molar-refractivity contribution in [3.05, 3.63) is 0 Å². The molecule has 0 saturated heterocycles. The van der Waals surface area contributed by atoms with E-state index in [1.807, 2.05) is 0 Å². The molecule has 1 heteroatoms. The van der Waals surface area contributed by atoms with Crippen molar-refractivity contribution < 1.29 is 0 Å². The van der Waals surface area contributed by atoms with Crippen molar-refractivity contribution in [3.8, 4) is 0 Å². The van der Waals surface area contributed by atoms with E-state index in [1.165, 1.54) is 45.1 Å². The predicted molar refractivity (Wildman–Crippen MR) is 82.2 cm³/mol. The van der Waals surface area contributed by atoms with Crippen LogP contribution in [0.3, 0.4) is 0 Å². The fourth-order valence-corrected chi connectivity index (χ4v) is 5.43. The summed E-state index contributed by atoms with van der Waals surface area (Å²) in [6.45, 7) is 3.59. The van der Waals surface area contributed by atoms with Crippen LogP contribution < -0.4 is 5.32 Å². The van der Waals surface area contributed by atoms with Crippen LogP contribution in [0.4, 0.5) is 0 Å². The highest BCUT2D eigenvalue weighted by atomic mass is 14.9. The highest BCUT2D eigenvalue weighted by Crippen LogP contribution is 2.53. The van der Waals surface area contributed by atoms with Gasteiger partial charge in [0, 0.05) is 6.04 Å². The van der Waals surface area contributed by atoms with E-state index < -0.39 is 0 Å². The number of nitrogens with one attached hydrogen (secondary N) is 1. The molecule has 19 heavy (non-hydrogen) atoms. The Kier molecular flexibility index (Phi) is 4.84. The van der Waals surface area contributed by atoms with Gasteiger partial charge in [0.05, 0.1) is 0 Å². The Hall–Kier alpha value is -0.0400. The maximum absolute atomic E-state index is 3.96. The molecule has 1 N–H and O–H groups in total. The van der Waals surface area contributed by atoms with Crippen LogP contribution in [0, 0.1) is 23.7 Å². The van der Waals surface area contributed by atoms with E-state index in [2.05, 4.69) is 12.2 Å². The van der Waals surface area contributed by atoms with Crippen molar-refractivity contribution in [2.24, 2.45) is 23.7 Å². The van der Waals surface area contributed by atoms with Crippen LogP contribution in [0.25, 0.3) is 0 Å². The fraction of sp³-hybridized carbons (Fsp3) is 1.00. The summed E-state index contributed by atoms with van der Waals surface area (Å²) in [6.07, 6.45) is 16.4. The van der Waals surface area contributed by atoms with Crippen LogP contribution in [0.15, 0.2) is 0 Å². The average molecular weight is 263 g/mol. The summed E-state index contributed by atoms with van der Waals surface area (Å²) in [5.41, 5.74) is 0. The monoisotopic (exact) mass is 263 g/mol. The van der Waals surface area contributed by atoms with Gasteiger partial charge in [0.25, 0.3) is 0 Å². The first kappa shape index (κ1) is 13.9. The van der Waals surface area contributed by atoms with Crippen molar-refractivity contribution >= 4 is 0 Å². The summed E-state index contributed by atoms with van der Waals surface area (Å²) < 4.78 is 0. The predicted octanol–water partition coefficient (Wildman–Crippen LogP) is 4.76. The summed E-state index contributed by atoms with van der Waals surface area (Å²) in [6, 6.07) is 0.906. The second kappa shape index (κ2) is 6.61. The van der Waals surface area contributed by atoms with E-state index >= 15 is 0 Å². The molecule has 0 spiro atoms. The lowest BCUT2D eigenvalue weighted by Crippen LogP contribution is -2.54. The van der Waals surface area contributed by atoms with Gasteiger partial charge in [-0.3, -0.25) is 0 Å². The number of unbranched alkanes of at least 4 members (excludes halogenated alkanes) is 5. The van der Waals surface area contributed by atoms with Crippen LogP contribution in [0.2, 0.25) is 0 Å². The standard InChI is InChI=1S/C18H33N/c1-2-3-4-5-6-7-8-19-18-16-10-14-9-15(12-16)13-17(18)11-14/h14-19H,2-13H2,1H3. The Morgan fingerprint density at radius 3 is 1.95 bits per heavy atom. The third-order valence-corrected chi connectivity index (χ3v) is 6.14. The number of hydrogen-bond donors (Lipinski definition) is 1. The largest absolute Gasteiger partial charge is 0.313 e. The molecule has 4 bridgehead atoms. The normalized spacial score (nSPS) is 39.9. The first-order valence-electron chi connectivity index (χ1n) is 9.10. The van der Waals surface area contributed by atoms with Crippen LogP contribution in [0.5, 0.6) is 0 Å². The molecule has 0 radical (unpaired) electrons. The SMILES string of the molecule is CCCCCCCCNC1C2CC3CC(C2)CC1C3. The van der Waals surface area contributed by atoms with Crippen LogP contribution in [0.1, 0.15) is 77.6 Å². The first-order valence-corrected chi connectivity index (χ1v) is 9.10. The molecule has 4 aliphatic carbocycles. The summed E-state index contributed by atoms with van der Waals surface area (Å²) in [5.74, 6) is 4.34. The van der Waals surface area contributed by atoms with Crippen LogP contribution in [-0.2, 0) is 0 Å². The molecule has 1 nitrogen and oxygen atoms in total. The zero-order valence-corrected chi connectivity index (χ0v) is 12.9. The van der Waals surface area contributed by atoms with E-state index in [-0.39, 0.29) is 0 Å². The van der Waals surface area contributed by atoms with E-state index in [1.54, 1.807) is 32.1 Å². The van der Waals surface area contributed by atoms with Gasteiger partial charge in [0.2, 0.25) is 0 Å². The quantitative estimate of drug-likeness (QED) is 0.623. The van der Waals surface area contributed by atoms with Gasteiger partial charge in [-0.2, -0.15) is 0 Å². The summed E-state index contributed by atoms with van der Waals surface area (Å²) >= 11 is 0. The third kappa shape index (κ3) is 3.35. The van der Waals surface area contributed by atoms with Gasteiger partial charge in [-0.15, -0.1) is 0 Å². The molecule has 4 fully saturated rings. The fourth-order valence-electron chi connectivity index (χ4n) is 5.43. The van der Waals surface area contributed by atoms with Crippen molar-refractivity contribution in [2.75, 3.05) is 6.54 Å². The minimum atomic E-state index is 0.906. The molecule has 4 rings (SSSR count). The van der Waals surface area contributed by atoms with E-state index in [0.29, 0.717) is 0 Å². The number of hydrogen-bond acceptors (Lipinski definition) is 1. The smallest absolute Gasteiger partial charge is 0.0124 e. The second-order valence-corrected chi connectivity index (χ2v) is 7.68. The molecule has 0 unspecified atom stereocenters. The third-order valence-electron chi connectivity index (χ3n) is 6.14. The molecule has 4 saturated carbocycles. The summed E-state index contributed by atoms with van der Waals surface area (Å²) in [7, 11) is 0. The van der Waals surface area contributed by atoms with Crippen molar-refractivity contribution in [2.45, 2.75) is 83.6 Å². The Labute approximate surface area is 119 Å². The first-order chi connectivity index (χ1) is 9.36. The number of rotatable bonds is 8. The van der Waals surface area contributed by atoms with E-state index in [0.717, 1.165) is 29.7 Å². The van der Waals surface area contributed by atoms with Crippen LogP contribution >= 0.6 is 0 Å². The Balaban J connectivity index is 1.32. The van der Waals surface area contributed by atoms with Gasteiger partial charge in [-0.1, -0.05) is 39.0 Å². The molecule has 0 heterocycles. The molecule has 0 aromatic heterocycles. The lowest BCUT2D eigenvalue weighted by atomic mass is 9.54. The Bertz CT molecular complexity index is 245. The lowest BCUT2D eigenvalue weighted by molar-refractivity contribution is -0.0135. The van der Waals surface area contributed by atoms with Crippen molar-refractivity contribution in [1.29, 1.82) is 0 Å². The van der Waals surface area contributed by atoms with E-state index in [4.69, 9.17) is 0 Å². The minimum absolute atomic E-state index is 0.906. The van der Waals surface area contributed by atoms with Crippen molar-refractivity contribution in [1.82, 2.24) is 5.32 Å². The lowest BCUT2D eigenvalue weighted by Gasteiger charge is -2.54. The molecular formula is C18H33N. The minimum Gasteiger partial charge on any atom is -0.313 e. The molecule has 4 aliphatic rings. The molecule has 0 amide bonds. The second-order valence-electron chi connectivity index (χ2n) is 7.68. The Morgan fingerprint density at radius 2 is 1.32 bits per heavy atom. The maximum atomic E-state index is 3.96. The van der Waals surface area contributed by atoms with Gasteiger partial charge in [0.1, 0.15) is 0 Å². The maximum Gasteiger partial charge on any atom is 0.0124 e. The summed E-state index contributed by atoms with van der Waals surface area (Å²) in [4.78, 5) is 0. The zero-order valence-electron chi connectivity index (χ0n) is 12.9. The van der Waals surface area contributed by atoms with Gasteiger partial charge in [-0.25, -0.2) is 0 Å². The van der Waals surface area contributed by atoms with Gasteiger partial charge in [0.15, 0.2) is 0 Å². The van der Waals surface area contributed by atoms with E-state index in [9.17, 15) is 0 Å². The zero-order chi connectivity index (χ0) is 13.1. The molecule has 0 atom stereocenters. The summed E-state index contributed by atoms with van der Waals surface area (Å²) in [5, 5.41) is 3.96. The highest BCUT2D eigenvalue weighted by molar-refractivity contribution is 5.01. The van der Waals surface area contributed by atoms with Gasteiger partial charge in [-0.05, 0) is 68.7 Å². The van der Waals surface area contributed by atoms with Gasteiger partial charge < -0.3 is 5.32 Å². The van der Waals surface area contributed by atoms with Gasteiger partial charge >= 0.3 is 0 Å². The average Bonchev–Trinajstić information content (AvgIpc) is 2.39. The molecule has 0 aromatic carbocycles.